The number of fused-ring (bicyclic) bond motifs is 6. The Balaban J connectivity index is 1.18. The maximum absolute atomic E-state index is 6.65. The molecule has 2 heterocycles. The summed E-state index contributed by atoms with van der Waals surface area (Å²) in [7, 11) is 0. The predicted molar refractivity (Wildman–Crippen MR) is 264 cm³/mol. The summed E-state index contributed by atoms with van der Waals surface area (Å²) in [5, 5.41) is 4.57. The molecular weight excluding hydrogens is 765 g/mol. The standard InChI is InChI=1S/C60H40N2O/c1-4-21-41(22-5-1)44-27-10-14-34-51(44)62(54-37-19-31-45(42-23-6-2-7-24-42)58(54)43-25-8-3-9-26-43)56-39-20-38-55-59(56)50-30-12-16-36-53(50)61(55)52-35-15-11-28-46(52)48-32-18-33-49-47-29-13-17-40-57(47)63-60(48)49/h1-40H. The Kier molecular flexibility index (Phi) is 8.83. The zero-order chi connectivity index (χ0) is 41.7. The first-order chi connectivity index (χ1) is 31.3. The lowest BCUT2D eigenvalue weighted by Gasteiger charge is -2.31. The quantitative estimate of drug-likeness (QED) is 0.153. The van der Waals surface area contributed by atoms with Crippen LogP contribution < -0.4 is 4.90 Å². The van der Waals surface area contributed by atoms with Gasteiger partial charge in [0.05, 0.1) is 33.8 Å². The van der Waals surface area contributed by atoms with E-state index in [1.165, 1.54) is 16.5 Å². The highest BCUT2D eigenvalue weighted by Gasteiger charge is 2.27. The Morgan fingerprint density at radius 3 is 1.62 bits per heavy atom. The summed E-state index contributed by atoms with van der Waals surface area (Å²) in [5.74, 6) is 0. The molecule has 63 heavy (non-hydrogen) atoms. The molecule has 0 atom stereocenters. The van der Waals surface area contributed by atoms with Gasteiger partial charge in [-0.05, 0) is 64.7 Å². The Hall–Kier alpha value is -8.40. The molecule has 0 unspecified atom stereocenters. The highest BCUT2D eigenvalue weighted by atomic mass is 16.3. The van der Waals surface area contributed by atoms with Crippen molar-refractivity contribution in [2.45, 2.75) is 0 Å². The van der Waals surface area contributed by atoms with Crippen molar-refractivity contribution in [1.29, 1.82) is 0 Å². The van der Waals surface area contributed by atoms with Crippen molar-refractivity contribution in [3.05, 3.63) is 243 Å². The number of anilines is 3. The third-order valence-electron chi connectivity index (χ3n) is 12.4. The minimum atomic E-state index is 0.890. The number of aromatic nitrogens is 1. The van der Waals surface area contributed by atoms with Gasteiger partial charge in [-0.25, -0.2) is 0 Å². The van der Waals surface area contributed by atoms with Gasteiger partial charge in [-0.15, -0.1) is 0 Å². The molecule has 0 bridgehead atoms. The van der Waals surface area contributed by atoms with Gasteiger partial charge in [-0.1, -0.05) is 200 Å². The summed E-state index contributed by atoms with van der Waals surface area (Å²) in [6.45, 7) is 0. The number of hydrogen-bond donors (Lipinski definition) is 0. The maximum Gasteiger partial charge on any atom is 0.143 e. The van der Waals surface area contributed by atoms with Crippen molar-refractivity contribution in [3.63, 3.8) is 0 Å². The third kappa shape index (κ3) is 6.05. The lowest BCUT2D eigenvalue weighted by molar-refractivity contribution is 0.670. The van der Waals surface area contributed by atoms with E-state index in [0.29, 0.717) is 0 Å². The van der Waals surface area contributed by atoms with Gasteiger partial charge in [0, 0.05) is 43.8 Å². The van der Waals surface area contributed by atoms with Crippen LogP contribution >= 0.6 is 0 Å². The highest BCUT2D eigenvalue weighted by Crippen LogP contribution is 2.51. The Morgan fingerprint density at radius 2 is 0.825 bits per heavy atom. The molecule has 0 spiro atoms. The molecule has 0 aliphatic carbocycles. The van der Waals surface area contributed by atoms with Gasteiger partial charge in [0.2, 0.25) is 0 Å². The van der Waals surface area contributed by atoms with Crippen LogP contribution in [-0.2, 0) is 0 Å². The first-order valence-corrected chi connectivity index (χ1v) is 21.5. The van der Waals surface area contributed by atoms with E-state index in [2.05, 4.69) is 246 Å². The van der Waals surface area contributed by atoms with Crippen molar-refractivity contribution in [2.24, 2.45) is 0 Å². The largest absolute Gasteiger partial charge is 0.455 e. The van der Waals surface area contributed by atoms with E-state index >= 15 is 0 Å². The molecule has 0 N–H and O–H groups in total. The van der Waals surface area contributed by atoms with Crippen LogP contribution in [-0.4, -0.2) is 4.57 Å². The van der Waals surface area contributed by atoms with E-state index in [0.717, 1.165) is 94.5 Å². The fourth-order valence-corrected chi connectivity index (χ4v) is 9.71. The average Bonchev–Trinajstić information content (AvgIpc) is 3.91. The predicted octanol–water partition coefficient (Wildman–Crippen LogP) is 16.8. The minimum absolute atomic E-state index is 0.890. The second-order valence-corrected chi connectivity index (χ2v) is 16.0. The van der Waals surface area contributed by atoms with Crippen LogP contribution in [0.2, 0.25) is 0 Å². The zero-order valence-corrected chi connectivity index (χ0v) is 34.4. The van der Waals surface area contributed by atoms with E-state index in [9.17, 15) is 0 Å². The second-order valence-electron chi connectivity index (χ2n) is 16.0. The molecule has 2 aromatic heterocycles. The molecule has 0 saturated heterocycles. The van der Waals surface area contributed by atoms with Crippen LogP contribution in [0.5, 0.6) is 0 Å². The van der Waals surface area contributed by atoms with Gasteiger partial charge in [-0.2, -0.15) is 0 Å². The number of nitrogens with zero attached hydrogens (tertiary/aromatic N) is 2. The molecule has 12 aromatic rings. The highest BCUT2D eigenvalue weighted by molar-refractivity contribution is 6.18. The monoisotopic (exact) mass is 804 g/mol. The van der Waals surface area contributed by atoms with Crippen molar-refractivity contribution in [1.82, 2.24) is 4.57 Å². The number of rotatable bonds is 8. The van der Waals surface area contributed by atoms with Crippen LogP contribution in [0, 0.1) is 0 Å². The molecular formula is C60H40N2O. The van der Waals surface area contributed by atoms with Crippen LogP contribution in [0.4, 0.5) is 17.1 Å². The van der Waals surface area contributed by atoms with E-state index < -0.39 is 0 Å². The molecule has 12 rings (SSSR count). The average molecular weight is 805 g/mol. The van der Waals surface area contributed by atoms with Crippen molar-refractivity contribution in [2.75, 3.05) is 4.90 Å². The molecule has 296 valence electrons. The maximum atomic E-state index is 6.65. The Labute approximate surface area is 366 Å². The van der Waals surface area contributed by atoms with Crippen LogP contribution in [0.15, 0.2) is 247 Å². The van der Waals surface area contributed by atoms with Gasteiger partial charge in [0.15, 0.2) is 0 Å². The SMILES string of the molecule is c1ccc(-c2ccccc2N(c2cccc(-c3ccccc3)c2-c2ccccc2)c2cccc3c2c2ccccc2n3-c2ccccc2-c2cccc3c2oc2ccccc23)cc1. The van der Waals surface area contributed by atoms with Crippen molar-refractivity contribution >= 4 is 60.8 Å². The number of hydrogen-bond acceptors (Lipinski definition) is 2. The van der Waals surface area contributed by atoms with Crippen LogP contribution in [0.3, 0.4) is 0 Å². The summed E-state index contributed by atoms with van der Waals surface area (Å²) in [4.78, 5) is 2.51. The molecule has 0 saturated carbocycles. The van der Waals surface area contributed by atoms with Gasteiger partial charge >= 0.3 is 0 Å². The van der Waals surface area contributed by atoms with Gasteiger partial charge in [0.1, 0.15) is 11.2 Å². The second kappa shape index (κ2) is 15.3. The fraction of sp³-hybridized carbons (Fsp3) is 0. The van der Waals surface area contributed by atoms with E-state index in [1.54, 1.807) is 0 Å². The van der Waals surface area contributed by atoms with E-state index in [1.807, 2.05) is 6.07 Å². The summed E-state index contributed by atoms with van der Waals surface area (Å²) < 4.78 is 9.10. The molecule has 10 aromatic carbocycles. The van der Waals surface area contributed by atoms with E-state index in [-0.39, 0.29) is 0 Å². The third-order valence-corrected chi connectivity index (χ3v) is 12.4. The van der Waals surface area contributed by atoms with Crippen LogP contribution in [0.1, 0.15) is 0 Å². The summed E-state index contributed by atoms with van der Waals surface area (Å²) in [5.41, 5.74) is 17.5. The summed E-state index contributed by atoms with van der Waals surface area (Å²) >= 11 is 0. The lowest BCUT2D eigenvalue weighted by Crippen LogP contribution is -2.13. The normalized spacial score (nSPS) is 11.5. The molecule has 0 aliphatic heterocycles. The molecule has 3 nitrogen and oxygen atoms in total. The first kappa shape index (κ1) is 36.5. The van der Waals surface area contributed by atoms with E-state index in [4.69, 9.17) is 4.42 Å². The Morgan fingerprint density at radius 1 is 0.317 bits per heavy atom. The smallest absolute Gasteiger partial charge is 0.143 e. The number of para-hydroxylation sites is 5. The molecule has 0 amide bonds. The van der Waals surface area contributed by atoms with Crippen molar-refractivity contribution in [3.8, 4) is 50.2 Å². The molecule has 0 fully saturated rings. The molecule has 0 radical (unpaired) electrons. The fourth-order valence-electron chi connectivity index (χ4n) is 9.71. The van der Waals surface area contributed by atoms with Crippen molar-refractivity contribution < 1.29 is 4.42 Å². The van der Waals surface area contributed by atoms with Gasteiger partial charge < -0.3 is 13.9 Å². The molecule has 0 aliphatic rings. The van der Waals surface area contributed by atoms with Gasteiger partial charge in [-0.3, -0.25) is 0 Å². The first-order valence-electron chi connectivity index (χ1n) is 21.5. The Bertz CT molecular complexity index is 3620. The van der Waals surface area contributed by atoms with Crippen LogP contribution in [0.25, 0.3) is 93.9 Å². The zero-order valence-electron chi connectivity index (χ0n) is 34.4. The van der Waals surface area contributed by atoms with Gasteiger partial charge in [0.25, 0.3) is 0 Å². The minimum Gasteiger partial charge on any atom is -0.455 e. The topological polar surface area (TPSA) is 21.3 Å². The number of furan rings is 1. The summed E-state index contributed by atoms with van der Waals surface area (Å²) in [6.07, 6.45) is 0. The lowest BCUT2D eigenvalue weighted by atomic mass is 9.91. The molecule has 3 heteroatoms. The summed E-state index contributed by atoms with van der Waals surface area (Å²) in [6, 6.07) is 87.2. The number of benzene rings is 10.